The Labute approximate surface area is 104 Å². The summed E-state index contributed by atoms with van der Waals surface area (Å²) in [5.41, 5.74) is 0.875. The Kier molecular flexibility index (Phi) is 5.24. The zero-order valence-corrected chi connectivity index (χ0v) is 10.1. The Morgan fingerprint density at radius 1 is 0.889 bits per heavy atom. The van der Waals surface area contributed by atoms with E-state index >= 15 is 0 Å². The first-order valence-electron chi connectivity index (χ1n) is 5.18. The lowest BCUT2D eigenvalue weighted by Crippen LogP contribution is -1.89. The second-order valence-electron chi connectivity index (χ2n) is 3.33. The van der Waals surface area contributed by atoms with E-state index in [2.05, 4.69) is 0 Å². The molecule has 0 aliphatic rings. The summed E-state index contributed by atoms with van der Waals surface area (Å²) in [6.07, 6.45) is 0. The van der Waals surface area contributed by atoms with Gasteiger partial charge in [0.1, 0.15) is 5.82 Å². The second kappa shape index (κ2) is 6.69. The van der Waals surface area contributed by atoms with Crippen LogP contribution in [0.2, 0.25) is 0 Å². The molecule has 0 bridgehead atoms. The molecule has 0 aliphatic heterocycles. The summed E-state index contributed by atoms with van der Waals surface area (Å²) >= 11 is 0. The number of benzene rings is 2. The van der Waals surface area contributed by atoms with Gasteiger partial charge in [-0.05, 0) is 23.8 Å². The number of hydrogen-bond donors (Lipinski definition) is 0. The van der Waals surface area contributed by atoms with Gasteiger partial charge in [-0.2, -0.15) is 0 Å². The van der Waals surface area contributed by atoms with Crippen LogP contribution in [0.1, 0.15) is 0 Å². The molecule has 2 aromatic rings. The summed E-state index contributed by atoms with van der Waals surface area (Å²) in [5.74, 6) is -0.713. The Bertz CT molecular complexity index is 512. The molecule has 2 aromatic carbocycles. The molecule has 18 heavy (non-hydrogen) atoms. The van der Waals surface area contributed by atoms with Gasteiger partial charge < -0.3 is 4.74 Å². The molecule has 0 spiro atoms. The first-order chi connectivity index (χ1) is 8.72. The number of ether oxygens (including phenoxy) is 1. The molecule has 0 atom stereocenters. The average Bonchev–Trinajstić information content (AvgIpc) is 2.41. The number of alkyl halides is 1. The molecular weight excluding hydrogens is 241 g/mol. The molecule has 0 amide bonds. The van der Waals surface area contributed by atoms with Crippen molar-refractivity contribution in [3.8, 4) is 16.9 Å². The maximum atomic E-state index is 13.4. The number of hydrogen-bond acceptors (Lipinski definition) is 1. The quantitative estimate of drug-likeness (QED) is 0.779. The van der Waals surface area contributed by atoms with Crippen LogP contribution in [0.4, 0.5) is 13.2 Å². The van der Waals surface area contributed by atoms with Crippen LogP contribution in [-0.2, 0) is 0 Å². The number of halogens is 3. The van der Waals surface area contributed by atoms with Crippen molar-refractivity contribution in [2.75, 3.05) is 14.3 Å². The monoisotopic (exact) mass is 254 g/mol. The van der Waals surface area contributed by atoms with Crippen molar-refractivity contribution in [3.05, 3.63) is 54.1 Å². The van der Waals surface area contributed by atoms with E-state index in [4.69, 9.17) is 4.74 Å². The molecule has 0 radical (unpaired) electrons. The minimum absolute atomic E-state index is 0.153. The van der Waals surface area contributed by atoms with Crippen molar-refractivity contribution in [1.82, 2.24) is 0 Å². The van der Waals surface area contributed by atoms with Crippen molar-refractivity contribution in [2.45, 2.75) is 0 Å². The van der Waals surface area contributed by atoms with Crippen LogP contribution in [0, 0.1) is 11.6 Å². The zero-order chi connectivity index (χ0) is 13.5. The smallest absolute Gasteiger partial charge is 0.165 e. The summed E-state index contributed by atoms with van der Waals surface area (Å²) in [7, 11) is 1.89. The highest BCUT2D eigenvalue weighted by atomic mass is 19.1. The number of rotatable bonds is 2. The molecule has 0 unspecified atom stereocenters. The molecule has 1 nitrogen and oxygen atoms in total. The minimum Gasteiger partial charge on any atom is -0.494 e. The molecule has 0 aromatic heterocycles. The SMILES string of the molecule is CF.COc1ccc(-c2ccccc2F)cc1F. The fourth-order valence-corrected chi connectivity index (χ4v) is 1.53. The standard InChI is InChI=1S/C13H10F2O.CH3F/c1-16-13-7-6-9(8-12(13)15)10-4-2-3-5-11(10)14;1-2/h2-8H,1H3;1H3. The van der Waals surface area contributed by atoms with Gasteiger partial charge in [-0.1, -0.05) is 24.3 Å². The lowest BCUT2D eigenvalue weighted by Gasteiger charge is -2.06. The predicted octanol–water partition coefficient (Wildman–Crippen LogP) is 4.23. The Hall–Kier alpha value is -1.97. The van der Waals surface area contributed by atoms with Crippen LogP contribution in [0.25, 0.3) is 11.1 Å². The van der Waals surface area contributed by atoms with Crippen LogP contribution in [-0.4, -0.2) is 14.3 Å². The van der Waals surface area contributed by atoms with Crippen LogP contribution >= 0.6 is 0 Å². The zero-order valence-electron chi connectivity index (χ0n) is 10.1. The maximum absolute atomic E-state index is 13.4. The Morgan fingerprint density at radius 2 is 1.56 bits per heavy atom. The van der Waals surface area contributed by atoms with Gasteiger partial charge in [0, 0.05) is 5.56 Å². The fraction of sp³-hybridized carbons (Fsp3) is 0.143. The second-order valence-corrected chi connectivity index (χ2v) is 3.33. The average molecular weight is 254 g/mol. The molecule has 0 saturated carbocycles. The van der Waals surface area contributed by atoms with Gasteiger partial charge in [-0.15, -0.1) is 0 Å². The minimum atomic E-state index is -0.497. The van der Waals surface area contributed by atoms with E-state index in [1.54, 1.807) is 24.3 Å². The molecule has 4 heteroatoms. The molecule has 0 saturated heterocycles. The van der Waals surface area contributed by atoms with Crippen molar-refractivity contribution < 1.29 is 17.9 Å². The van der Waals surface area contributed by atoms with Gasteiger partial charge in [0.05, 0.1) is 14.3 Å². The van der Waals surface area contributed by atoms with E-state index in [1.165, 1.54) is 25.3 Å². The third kappa shape index (κ3) is 3.03. The molecule has 0 heterocycles. The van der Waals surface area contributed by atoms with Gasteiger partial charge in [0.15, 0.2) is 11.6 Å². The molecule has 0 aliphatic carbocycles. The fourth-order valence-electron chi connectivity index (χ4n) is 1.53. The van der Waals surface area contributed by atoms with Crippen LogP contribution in [0.15, 0.2) is 42.5 Å². The van der Waals surface area contributed by atoms with Crippen LogP contribution in [0.5, 0.6) is 5.75 Å². The molecule has 96 valence electrons. The predicted molar refractivity (Wildman–Crippen MR) is 65.4 cm³/mol. The number of methoxy groups -OCH3 is 1. The van der Waals surface area contributed by atoms with E-state index in [-0.39, 0.29) is 11.6 Å². The molecule has 0 fully saturated rings. The van der Waals surface area contributed by atoms with Gasteiger partial charge in [-0.3, -0.25) is 4.39 Å². The van der Waals surface area contributed by atoms with Gasteiger partial charge >= 0.3 is 0 Å². The van der Waals surface area contributed by atoms with Gasteiger partial charge in [0.25, 0.3) is 0 Å². The first-order valence-corrected chi connectivity index (χ1v) is 5.18. The lowest BCUT2D eigenvalue weighted by molar-refractivity contribution is 0.386. The van der Waals surface area contributed by atoms with E-state index in [0.29, 0.717) is 18.3 Å². The normalized spacial score (nSPS) is 9.39. The van der Waals surface area contributed by atoms with Crippen molar-refractivity contribution in [1.29, 1.82) is 0 Å². The maximum Gasteiger partial charge on any atom is 0.165 e. The summed E-state index contributed by atoms with van der Waals surface area (Å²) in [6.45, 7) is 0. The molecular formula is C14H13F3O. The molecule has 2 rings (SSSR count). The summed E-state index contributed by atoms with van der Waals surface area (Å²) in [4.78, 5) is 0. The summed E-state index contributed by atoms with van der Waals surface area (Å²) in [5, 5.41) is 0. The van der Waals surface area contributed by atoms with Crippen LogP contribution < -0.4 is 4.74 Å². The summed E-state index contributed by atoms with van der Waals surface area (Å²) < 4.78 is 41.2. The highest BCUT2D eigenvalue weighted by Gasteiger charge is 2.07. The summed E-state index contributed by atoms with van der Waals surface area (Å²) in [6, 6.07) is 10.6. The Morgan fingerprint density at radius 3 is 2.11 bits per heavy atom. The van der Waals surface area contributed by atoms with E-state index in [1.807, 2.05) is 0 Å². The van der Waals surface area contributed by atoms with Gasteiger partial charge in [0.2, 0.25) is 0 Å². The highest BCUT2D eigenvalue weighted by Crippen LogP contribution is 2.27. The largest absolute Gasteiger partial charge is 0.494 e. The van der Waals surface area contributed by atoms with Crippen molar-refractivity contribution in [3.63, 3.8) is 0 Å². The first kappa shape index (κ1) is 14.1. The van der Waals surface area contributed by atoms with Crippen molar-refractivity contribution in [2.24, 2.45) is 0 Å². The van der Waals surface area contributed by atoms with E-state index in [0.717, 1.165) is 0 Å². The van der Waals surface area contributed by atoms with Crippen LogP contribution in [0.3, 0.4) is 0 Å². The Balaban J connectivity index is 0.000000771. The highest BCUT2D eigenvalue weighted by molar-refractivity contribution is 5.64. The topological polar surface area (TPSA) is 9.23 Å². The van der Waals surface area contributed by atoms with E-state index < -0.39 is 5.82 Å². The lowest BCUT2D eigenvalue weighted by atomic mass is 10.0. The third-order valence-corrected chi connectivity index (χ3v) is 2.34. The van der Waals surface area contributed by atoms with Gasteiger partial charge in [-0.25, -0.2) is 8.78 Å². The third-order valence-electron chi connectivity index (χ3n) is 2.34. The molecule has 0 N–H and O–H groups in total. The van der Waals surface area contributed by atoms with E-state index in [9.17, 15) is 13.2 Å². The van der Waals surface area contributed by atoms with Crippen molar-refractivity contribution >= 4 is 0 Å².